The lowest BCUT2D eigenvalue weighted by atomic mass is 9.82. The summed E-state index contributed by atoms with van der Waals surface area (Å²) in [5, 5.41) is 3.65. The lowest BCUT2D eigenvalue weighted by Gasteiger charge is -2.28. The van der Waals surface area contributed by atoms with Crippen LogP contribution in [0.3, 0.4) is 0 Å². The molecule has 0 saturated heterocycles. The standard InChI is InChI=1S/C20H33N/c1-5-21-19(15-20(2,3)4)18-13-11-17(12-14-18)16-9-7-6-8-10-16/h11-14,16,19,21H,5-10,15H2,1-4H3. The highest BCUT2D eigenvalue weighted by Crippen LogP contribution is 2.34. The molecule has 1 aliphatic rings. The van der Waals surface area contributed by atoms with Gasteiger partial charge in [0.15, 0.2) is 0 Å². The van der Waals surface area contributed by atoms with E-state index < -0.39 is 0 Å². The lowest BCUT2D eigenvalue weighted by Crippen LogP contribution is -2.25. The van der Waals surface area contributed by atoms with Gasteiger partial charge in [0.05, 0.1) is 0 Å². The molecule has 21 heavy (non-hydrogen) atoms. The molecule has 1 aromatic rings. The molecule has 1 aromatic carbocycles. The molecule has 0 heterocycles. The summed E-state index contributed by atoms with van der Waals surface area (Å²) in [7, 11) is 0. The molecular formula is C20H33N. The van der Waals surface area contributed by atoms with Gasteiger partial charge in [0.2, 0.25) is 0 Å². The maximum atomic E-state index is 3.65. The van der Waals surface area contributed by atoms with Crippen LogP contribution in [0.5, 0.6) is 0 Å². The molecule has 1 atom stereocenters. The Morgan fingerprint density at radius 1 is 1.05 bits per heavy atom. The Labute approximate surface area is 131 Å². The molecular weight excluding hydrogens is 254 g/mol. The van der Waals surface area contributed by atoms with Crippen LogP contribution in [0.25, 0.3) is 0 Å². The molecule has 1 unspecified atom stereocenters. The van der Waals surface area contributed by atoms with E-state index in [4.69, 9.17) is 0 Å². The monoisotopic (exact) mass is 287 g/mol. The van der Waals surface area contributed by atoms with Gasteiger partial charge in [-0.2, -0.15) is 0 Å². The fourth-order valence-corrected chi connectivity index (χ4v) is 3.60. The van der Waals surface area contributed by atoms with Crippen molar-refractivity contribution in [3.8, 4) is 0 Å². The minimum absolute atomic E-state index is 0.356. The van der Waals surface area contributed by atoms with Crippen LogP contribution in [-0.4, -0.2) is 6.54 Å². The Morgan fingerprint density at radius 3 is 2.19 bits per heavy atom. The van der Waals surface area contributed by atoms with Crippen molar-refractivity contribution in [2.24, 2.45) is 5.41 Å². The Hall–Kier alpha value is -0.820. The van der Waals surface area contributed by atoms with Gasteiger partial charge in [-0.3, -0.25) is 0 Å². The first-order chi connectivity index (χ1) is 9.99. The van der Waals surface area contributed by atoms with Crippen LogP contribution in [0, 0.1) is 5.41 Å². The Balaban J connectivity index is 2.07. The van der Waals surface area contributed by atoms with Gasteiger partial charge < -0.3 is 5.32 Å². The largest absolute Gasteiger partial charge is 0.310 e. The Morgan fingerprint density at radius 2 is 1.67 bits per heavy atom. The van der Waals surface area contributed by atoms with Crippen molar-refractivity contribution in [2.45, 2.75) is 78.2 Å². The van der Waals surface area contributed by atoms with Crippen LogP contribution in [0.1, 0.15) is 89.3 Å². The van der Waals surface area contributed by atoms with Crippen LogP contribution in [0.2, 0.25) is 0 Å². The van der Waals surface area contributed by atoms with Gasteiger partial charge in [-0.25, -0.2) is 0 Å². The minimum Gasteiger partial charge on any atom is -0.310 e. The highest BCUT2D eigenvalue weighted by atomic mass is 14.9. The maximum absolute atomic E-state index is 3.65. The summed E-state index contributed by atoms with van der Waals surface area (Å²) in [4.78, 5) is 0. The number of hydrogen-bond donors (Lipinski definition) is 1. The fraction of sp³-hybridized carbons (Fsp3) is 0.700. The first-order valence-electron chi connectivity index (χ1n) is 8.83. The average molecular weight is 287 g/mol. The van der Waals surface area contributed by atoms with Gasteiger partial charge in [-0.05, 0) is 48.3 Å². The van der Waals surface area contributed by atoms with Gasteiger partial charge in [-0.15, -0.1) is 0 Å². The van der Waals surface area contributed by atoms with Crippen molar-refractivity contribution in [1.82, 2.24) is 5.32 Å². The average Bonchev–Trinajstić information content (AvgIpc) is 2.47. The third kappa shape index (κ3) is 5.14. The van der Waals surface area contributed by atoms with Crippen molar-refractivity contribution in [3.05, 3.63) is 35.4 Å². The van der Waals surface area contributed by atoms with Gasteiger partial charge >= 0.3 is 0 Å². The van der Waals surface area contributed by atoms with Gasteiger partial charge in [-0.1, -0.05) is 71.2 Å². The first kappa shape index (κ1) is 16.5. The molecule has 1 N–H and O–H groups in total. The van der Waals surface area contributed by atoms with E-state index in [0.717, 1.165) is 12.5 Å². The van der Waals surface area contributed by atoms with E-state index in [1.54, 1.807) is 5.56 Å². The first-order valence-corrected chi connectivity index (χ1v) is 8.83. The summed E-state index contributed by atoms with van der Waals surface area (Å²) in [5.41, 5.74) is 3.37. The number of nitrogens with one attached hydrogen (secondary N) is 1. The van der Waals surface area contributed by atoms with E-state index in [0.29, 0.717) is 11.5 Å². The molecule has 118 valence electrons. The van der Waals surface area contributed by atoms with Gasteiger partial charge in [0.25, 0.3) is 0 Å². The van der Waals surface area contributed by atoms with E-state index in [2.05, 4.69) is 57.3 Å². The number of benzene rings is 1. The molecule has 1 heteroatoms. The predicted octanol–water partition coefficient (Wildman–Crippen LogP) is 5.82. The summed E-state index contributed by atoms with van der Waals surface area (Å²) >= 11 is 0. The summed E-state index contributed by atoms with van der Waals surface area (Å²) in [6.45, 7) is 10.2. The molecule has 1 fully saturated rings. The Bertz CT molecular complexity index is 406. The van der Waals surface area contributed by atoms with Crippen molar-refractivity contribution in [2.75, 3.05) is 6.54 Å². The zero-order chi connectivity index (χ0) is 15.3. The summed E-state index contributed by atoms with van der Waals surface area (Å²) in [6, 6.07) is 9.98. The summed E-state index contributed by atoms with van der Waals surface area (Å²) in [5.74, 6) is 0.813. The van der Waals surface area contributed by atoms with Crippen LogP contribution < -0.4 is 5.32 Å². The zero-order valence-corrected chi connectivity index (χ0v) is 14.4. The molecule has 0 bridgehead atoms. The third-order valence-corrected chi connectivity index (χ3v) is 4.68. The number of hydrogen-bond acceptors (Lipinski definition) is 1. The summed E-state index contributed by atoms with van der Waals surface area (Å²) in [6.07, 6.45) is 8.22. The molecule has 0 spiro atoms. The van der Waals surface area contributed by atoms with Crippen LogP contribution in [-0.2, 0) is 0 Å². The van der Waals surface area contributed by atoms with E-state index in [1.165, 1.54) is 44.1 Å². The van der Waals surface area contributed by atoms with Crippen LogP contribution >= 0.6 is 0 Å². The second kappa shape index (κ2) is 7.45. The SMILES string of the molecule is CCNC(CC(C)(C)C)c1ccc(C2CCCCC2)cc1. The second-order valence-electron chi connectivity index (χ2n) is 7.88. The van der Waals surface area contributed by atoms with E-state index >= 15 is 0 Å². The second-order valence-corrected chi connectivity index (χ2v) is 7.88. The van der Waals surface area contributed by atoms with Crippen molar-refractivity contribution < 1.29 is 0 Å². The molecule has 0 amide bonds. The van der Waals surface area contributed by atoms with E-state index in [-0.39, 0.29) is 0 Å². The predicted molar refractivity (Wildman–Crippen MR) is 92.8 cm³/mol. The normalized spacial score (nSPS) is 18.7. The minimum atomic E-state index is 0.356. The number of rotatable bonds is 5. The fourth-order valence-electron chi connectivity index (χ4n) is 3.60. The molecule has 0 aliphatic heterocycles. The molecule has 1 aliphatic carbocycles. The lowest BCUT2D eigenvalue weighted by molar-refractivity contribution is 0.314. The van der Waals surface area contributed by atoms with Gasteiger partial charge in [0.1, 0.15) is 0 Å². The van der Waals surface area contributed by atoms with E-state index in [9.17, 15) is 0 Å². The molecule has 0 radical (unpaired) electrons. The zero-order valence-electron chi connectivity index (χ0n) is 14.4. The molecule has 2 rings (SSSR count). The maximum Gasteiger partial charge on any atom is 0.0325 e. The molecule has 1 saturated carbocycles. The highest BCUT2D eigenvalue weighted by Gasteiger charge is 2.20. The topological polar surface area (TPSA) is 12.0 Å². The quantitative estimate of drug-likeness (QED) is 0.719. The highest BCUT2D eigenvalue weighted by molar-refractivity contribution is 5.28. The Kier molecular flexibility index (Phi) is 5.87. The third-order valence-electron chi connectivity index (χ3n) is 4.68. The van der Waals surface area contributed by atoms with Crippen molar-refractivity contribution in [1.29, 1.82) is 0 Å². The van der Waals surface area contributed by atoms with Crippen molar-refractivity contribution >= 4 is 0 Å². The van der Waals surface area contributed by atoms with E-state index in [1.807, 2.05) is 0 Å². The van der Waals surface area contributed by atoms with Crippen LogP contribution in [0.4, 0.5) is 0 Å². The van der Waals surface area contributed by atoms with Crippen LogP contribution in [0.15, 0.2) is 24.3 Å². The summed E-state index contributed by atoms with van der Waals surface area (Å²) < 4.78 is 0. The molecule has 0 aromatic heterocycles. The smallest absolute Gasteiger partial charge is 0.0325 e. The van der Waals surface area contributed by atoms with Crippen molar-refractivity contribution in [3.63, 3.8) is 0 Å². The molecule has 1 nitrogen and oxygen atoms in total. The van der Waals surface area contributed by atoms with Gasteiger partial charge in [0, 0.05) is 6.04 Å².